The summed E-state index contributed by atoms with van der Waals surface area (Å²) in [7, 11) is 3.51. The van der Waals surface area contributed by atoms with Crippen molar-refractivity contribution < 1.29 is 4.74 Å². The normalized spacial score (nSPS) is 16.7. The van der Waals surface area contributed by atoms with Gasteiger partial charge in [0.15, 0.2) is 5.96 Å². The topological polar surface area (TPSA) is 61.8 Å². The van der Waals surface area contributed by atoms with Crippen LogP contribution >= 0.6 is 35.3 Å². The summed E-state index contributed by atoms with van der Waals surface area (Å²) in [5, 5.41) is 10.0. The number of aromatic nitrogens is 1. The lowest BCUT2D eigenvalue weighted by molar-refractivity contribution is 0.176. The van der Waals surface area contributed by atoms with Crippen LogP contribution in [0, 0.1) is 12.8 Å². The SMILES string of the molecule is CN=C(NCCOC)NCC1CCN(Cc2csc(C)n2)CC1.I. The summed E-state index contributed by atoms with van der Waals surface area (Å²) < 4.78 is 5.04. The van der Waals surface area contributed by atoms with E-state index in [1.165, 1.54) is 18.5 Å². The maximum atomic E-state index is 5.04. The molecular formula is C16H30IN5OS. The monoisotopic (exact) mass is 467 g/mol. The summed E-state index contributed by atoms with van der Waals surface area (Å²) in [6, 6.07) is 0. The van der Waals surface area contributed by atoms with Gasteiger partial charge in [0.05, 0.1) is 17.3 Å². The van der Waals surface area contributed by atoms with Gasteiger partial charge in [-0.3, -0.25) is 9.89 Å². The van der Waals surface area contributed by atoms with Gasteiger partial charge in [-0.2, -0.15) is 0 Å². The Balaban J connectivity index is 0.00000288. The molecule has 0 atom stereocenters. The minimum Gasteiger partial charge on any atom is -0.383 e. The molecule has 0 amide bonds. The molecule has 1 aliphatic heterocycles. The Morgan fingerprint density at radius 3 is 2.75 bits per heavy atom. The van der Waals surface area contributed by atoms with Crippen LogP contribution in [0.1, 0.15) is 23.5 Å². The number of halogens is 1. The first kappa shape index (κ1) is 21.6. The molecule has 1 fully saturated rings. The van der Waals surface area contributed by atoms with Crippen LogP contribution in [0.25, 0.3) is 0 Å². The van der Waals surface area contributed by atoms with Crippen LogP contribution in [-0.4, -0.2) is 62.8 Å². The molecule has 1 saturated heterocycles. The lowest BCUT2D eigenvalue weighted by Crippen LogP contribution is -2.43. The van der Waals surface area contributed by atoms with Crippen LogP contribution in [0.15, 0.2) is 10.4 Å². The Kier molecular flexibility index (Phi) is 10.8. The zero-order valence-electron chi connectivity index (χ0n) is 14.9. The van der Waals surface area contributed by atoms with Crippen molar-refractivity contribution >= 4 is 41.3 Å². The van der Waals surface area contributed by atoms with Gasteiger partial charge in [0.2, 0.25) is 0 Å². The van der Waals surface area contributed by atoms with Crippen molar-refractivity contribution in [3.05, 3.63) is 16.1 Å². The number of piperidine rings is 1. The number of hydrogen-bond acceptors (Lipinski definition) is 5. The molecule has 0 aromatic carbocycles. The lowest BCUT2D eigenvalue weighted by atomic mass is 9.97. The second-order valence-corrected chi connectivity index (χ2v) is 7.01. The van der Waals surface area contributed by atoms with Crippen molar-refractivity contribution in [1.29, 1.82) is 0 Å². The number of aliphatic imine (C=N–C) groups is 1. The second-order valence-electron chi connectivity index (χ2n) is 5.95. The van der Waals surface area contributed by atoms with Gasteiger partial charge in [-0.15, -0.1) is 35.3 Å². The summed E-state index contributed by atoms with van der Waals surface area (Å²) in [5.41, 5.74) is 1.21. The van der Waals surface area contributed by atoms with Gasteiger partial charge in [-0.05, 0) is 38.8 Å². The zero-order chi connectivity index (χ0) is 16.5. The first-order valence-corrected chi connectivity index (χ1v) is 9.16. The van der Waals surface area contributed by atoms with Gasteiger partial charge in [-0.1, -0.05) is 0 Å². The van der Waals surface area contributed by atoms with E-state index in [0.29, 0.717) is 12.5 Å². The Hall–Kier alpha value is -0.450. The average Bonchev–Trinajstić information content (AvgIpc) is 2.97. The van der Waals surface area contributed by atoms with E-state index >= 15 is 0 Å². The largest absolute Gasteiger partial charge is 0.383 e. The summed E-state index contributed by atoms with van der Waals surface area (Å²) in [6.07, 6.45) is 2.45. The van der Waals surface area contributed by atoms with E-state index in [1.807, 2.05) is 0 Å². The van der Waals surface area contributed by atoms with E-state index in [4.69, 9.17) is 4.74 Å². The van der Waals surface area contributed by atoms with Crippen molar-refractivity contribution in [2.45, 2.75) is 26.3 Å². The summed E-state index contributed by atoms with van der Waals surface area (Å²) in [5.74, 6) is 1.58. The van der Waals surface area contributed by atoms with E-state index in [2.05, 4.69) is 37.8 Å². The standard InChI is InChI=1S/C16H29N5OS.HI/c1-13-20-15(12-23-13)11-21-7-4-14(5-8-21)10-19-16(17-2)18-6-9-22-3;/h12,14H,4-11H2,1-3H3,(H2,17,18,19);1H. The van der Waals surface area contributed by atoms with Crippen LogP contribution in [0.5, 0.6) is 0 Å². The third-order valence-electron chi connectivity index (χ3n) is 4.14. The van der Waals surface area contributed by atoms with Gasteiger partial charge < -0.3 is 15.4 Å². The van der Waals surface area contributed by atoms with Crippen LogP contribution in [0.2, 0.25) is 0 Å². The highest BCUT2D eigenvalue weighted by Gasteiger charge is 2.20. The van der Waals surface area contributed by atoms with E-state index in [9.17, 15) is 0 Å². The van der Waals surface area contributed by atoms with Crippen LogP contribution in [-0.2, 0) is 11.3 Å². The fourth-order valence-electron chi connectivity index (χ4n) is 2.79. The predicted octanol–water partition coefficient (Wildman–Crippen LogP) is 2.09. The molecule has 0 unspecified atom stereocenters. The van der Waals surface area contributed by atoms with Crippen molar-refractivity contribution in [2.24, 2.45) is 10.9 Å². The Labute approximate surface area is 166 Å². The van der Waals surface area contributed by atoms with Crippen molar-refractivity contribution in [3.63, 3.8) is 0 Å². The molecule has 2 heterocycles. The molecule has 1 aromatic heterocycles. The number of hydrogen-bond donors (Lipinski definition) is 2. The maximum absolute atomic E-state index is 5.04. The second kappa shape index (κ2) is 12.0. The molecule has 0 saturated carbocycles. The highest BCUT2D eigenvalue weighted by Crippen LogP contribution is 2.19. The van der Waals surface area contributed by atoms with Gasteiger partial charge >= 0.3 is 0 Å². The Bertz CT molecular complexity index is 489. The maximum Gasteiger partial charge on any atom is 0.191 e. The fourth-order valence-corrected chi connectivity index (χ4v) is 3.40. The summed E-state index contributed by atoms with van der Waals surface area (Å²) in [6.45, 7) is 7.81. The van der Waals surface area contributed by atoms with Crippen LogP contribution in [0.3, 0.4) is 0 Å². The van der Waals surface area contributed by atoms with Crippen molar-refractivity contribution in [2.75, 3.05) is 46.9 Å². The minimum absolute atomic E-state index is 0. The lowest BCUT2D eigenvalue weighted by Gasteiger charge is -2.31. The molecule has 0 bridgehead atoms. The minimum atomic E-state index is 0. The molecule has 0 aliphatic carbocycles. The molecule has 6 nitrogen and oxygen atoms in total. The molecule has 8 heteroatoms. The van der Waals surface area contributed by atoms with Crippen LogP contribution in [0.4, 0.5) is 0 Å². The average molecular weight is 467 g/mol. The van der Waals surface area contributed by atoms with Gasteiger partial charge in [0.25, 0.3) is 0 Å². The van der Waals surface area contributed by atoms with Gasteiger partial charge in [-0.25, -0.2) is 4.98 Å². The first-order valence-electron chi connectivity index (χ1n) is 8.28. The summed E-state index contributed by atoms with van der Waals surface area (Å²) >= 11 is 1.74. The Morgan fingerprint density at radius 1 is 1.42 bits per heavy atom. The highest BCUT2D eigenvalue weighted by atomic mass is 127. The zero-order valence-corrected chi connectivity index (χ0v) is 18.0. The third kappa shape index (κ3) is 7.62. The van der Waals surface area contributed by atoms with E-state index in [0.717, 1.165) is 43.7 Å². The molecule has 0 radical (unpaired) electrons. The van der Waals surface area contributed by atoms with E-state index in [1.54, 1.807) is 25.5 Å². The molecule has 2 rings (SSSR count). The molecular weight excluding hydrogens is 437 g/mol. The third-order valence-corrected chi connectivity index (χ3v) is 4.96. The van der Waals surface area contributed by atoms with Crippen LogP contribution < -0.4 is 10.6 Å². The van der Waals surface area contributed by atoms with Crippen molar-refractivity contribution in [3.8, 4) is 0 Å². The number of ether oxygens (including phenoxy) is 1. The van der Waals surface area contributed by atoms with Gasteiger partial charge in [0, 0.05) is 39.2 Å². The van der Waals surface area contributed by atoms with E-state index < -0.39 is 0 Å². The molecule has 2 N–H and O–H groups in total. The number of likely N-dealkylation sites (tertiary alicyclic amines) is 1. The smallest absolute Gasteiger partial charge is 0.191 e. The number of guanidine groups is 1. The predicted molar refractivity (Wildman–Crippen MR) is 112 cm³/mol. The number of rotatable bonds is 7. The molecule has 0 spiro atoms. The van der Waals surface area contributed by atoms with Gasteiger partial charge in [0.1, 0.15) is 0 Å². The molecule has 1 aliphatic rings. The number of aryl methyl sites for hydroxylation is 1. The van der Waals surface area contributed by atoms with Crippen molar-refractivity contribution in [1.82, 2.24) is 20.5 Å². The number of methoxy groups -OCH3 is 1. The molecule has 138 valence electrons. The molecule has 1 aromatic rings. The summed E-state index contributed by atoms with van der Waals surface area (Å²) in [4.78, 5) is 11.3. The number of thiazole rings is 1. The highest BCUT2D eigenvalue weighted by molar-refractivity contribution is 14.0. The first-order chi connectivity index (χ1) is 11.2. The quantitative estimate of drug-likeness (QED) is 0.279. The fraction of sp³-hybridized carbons (Fsp3) is 0.750. The number of nitrogens with zero attached hydrogens (tertiary/aromatic N) is 3. The number of nitrogens with one attached hydrogen (secondary N) is 2. The van der Waals surface area contributed by atoms with E-state index in [-0.39, 0.29) is 24.0 Å². The molecule has 24 heavy (non-hydrogen) atoms. The Morgan fingerprint density at radius 2 is 2.17 bits per heavy atom.